The maximum absolute atomic E-state index is 12.5. The van der Waals surface area contributed by atoms with Gasteiger partial charge in [0, 0.05) is 0 Å². The van der Waals surface area contributed by atoms with E-state index in [0.29, 0.717) is 17.9 Å². The monoisotopic (exact) mass is 277 g/mol. The number of carboxylic acid groups (broad SMARTS) is 1. The lowest BCUT2D eigenvalue weighted by molar-refractivity contribution is -0.145. The van der Waals surface area contributed by atoms with Crippen LogP contribution in [0.4, 0.5) is 5.69 Å². The van der Waals surface area contributed by atoms with E-state index in [9.17, 15) is 14.7 Å². The lowest BCUT2D eigenvalue weighted by Crippen LogP contribution is -2.59. The maximum Gasteiger partial charge on any atom is 0.329 e. The maximum atomic E-state index is 12.5. The number of ether oxygens (including phenoxy) is 1. The Morgan fingerprint density at radius 3 is 2.65 bits per heavy atom. The highest BCUT2D eigenvalue weighted by Gasteiger charge is 2.45. The van der Waals surface area contributed by atoms with E-state index >= 15 is 0 Å². The Balaban J connectivity index is 2.60. The summed E-state index contributed by atoms with van der Waals surface area (Å²) < 4.78 is 5.70. The summed E-state index contributed by atoms with van der Waals surface area (Å²) in [5.41, 5.74) is 0.192. The number of benzene rings is 1. The first kappa shape index (κ1) is 14.4. The summed E-state index contributed by atoms with van der Waals surface area (Å²) in [6.07, 6.45) is -0.138. The molecular formula is C15H19NO4. The number of rotatable bonds is 3. The van der Waals surface area contributed by atoms with Crippen molar-refractivity contribution in [3.8, 4) is 5.75 Å². The number of amides is 1. The van der Waals surface area contributed by atoms with Crippen LogP contribution in [-0.4, -0.2) is 28.6 Å². The number of hydrogen-bond donors (Lipinski definition) is 1. The average Bonchev–Trinajstić information content (AvgIpc) is 2.37. The van der Waals surface area contributed by atoms with Crippen molar-refractivity contribution in [1.29, 1.82) is 0 Å². The van der Waals surface area contributed by atoms with Gasteiger partial charge in [0.1, 0.15) is 11.3 Å². The van der Waals surface area contributed by atoms with Gasteiger partial charge >= 0.3 is 5.97 Å². The molecule has 0 spiro atoms. The lowest BCUT2D eigenvalue weighted by atomic mass is 9.98. The fourth-order valence-electron chi connectivity index (χ4n) is 2.30. The van der Waals surface area contributed by atoms with Crippen LogP contribution in [0.3, 0.4) is 0 Å². The van der Waals surface area contributed by atoms with Gasteiger partial charge in [-0.1, -0.05) is 13.0 Å². The van der Waals surface area contributed by atoms with Crippen LogP contribution in [0.15, 0.2) is 18.2 Å². The number of aryl methyl sites for hydroxylation is 1. The summed E-state index contributed by atoms with van der Waals surface area (Å²) >= 11 is 0. The number of fused-ring (bicyclic) bond motifs is 1. The Bertz CT molecular complexity index is 565. The zero-order chi connectivity index (χ0) is 15.1. The minimum atomic E-state index is -1.32. The molecule has 0 fully saturated rings. The zero-order valence-corrected chi connectivity index (χ0v) is 12.1. The van der Waals surface area contributed by atoms with E-state index < -0.39 is 17.6 Å². The molecule has 1 heterocycles. The van der Waals surface area contributed by atoms with Crippen LogP contribution in [0.5, 0.6) is 5.75 Å². The van der Waals surface area contributed by atoms with Gasteiger partial charge in [-0.3, -0.25) is 9.69 Å². The molecule has 0 bridgehead atoms. The Morgan fingerprint density at radius 1 is 1.45 bits per heavy atom. The summed E-state index contributed by atoms with van der Waals surface area (Å²) in [5.74, 6) is -0.795. The van der Waals surface area contributed by atoms with Crippen molar-refractivity contribution >= 4 is 17.6 Å². The highest BCUT2D eigenvalue weighted by atomic mass is 16.5. The number of hydrogen-bond acceptors (Lipinski definition) is 3. The average molecular weight is 277 g/mol. The first-order valence-corrected chi connectivity index (χ1v) is 6.63. The fraction of sp³-hybridized carbons (Fsp3) is 0.467. The largest absolute Gasteiger partial charge is 0.480 e. The van der Waals surface area contributed by atoms with Gasteiger partial charge in [-0.05, 0) is 44.9 Å². The molecule has 0 radical (unpaired) electrons. The third kappa shape index (κ3) is 2.13. The molecule has 1 unspecified atom stereocenters. The molecule has 108 valence electrons. The molecule has 5 nitrogen and oxygen atoms in total. The molecule has 5 heteroatoms. The smallest absolute Gasteiger partial charge is 0.329 e. The van der Waals surface area contributed by atoms with E-state index in [1.807, 2.05) is 26.0 Å². The van der Waals surface area contributed by atoms with Crippen molar-refractivity contribution in [3.63, 3.8) is 0 Å². The zero-order valence-electron chi connectivity index (χ0n) is 12.1. The van der Waals surface area contributed by atoms with Crippen LogP contribution in [-0.2, 0) is 9.59 Å². The highest BCUT2D eigenvalue weighted by Crippen LogP contribution is 2.39. The molecule has 2 rings (SSSR count). The quantitative estimate of drug-likeness (QED) is 0.921. The summed E-state index contributed by atoms with van der Waals surface area (Å²) in [7, 11) is 0. The number of carboxylic acids is 1. The van der Waals surface area contributed by atoms with E-state index in [4.69, 9.17) is 4.74 Å². The predicted molar refractivity (Wildman–Crippen MR) is 75.1 cm³/mol. The van der Waals surface area contributed by atoms with Gasteiger partial charge in [-0.25, -0.2) is 4.79 Å². The molecule has 1 aliphatic heterocycles. The van der Waals surface area contributed by atoms with Crippen LogP contribution in [0.25, 0.3) is 0 Å². The Morgan fingerprint density at radius 2 is 2.10 bits per heavy atom. The third-order valence-corrected chi connectivity index (χ3v) is 3.57. The third-order valence-electron chi connectivity index (χ3n) is 3.57. The Labute approximate surface area is 118 Å². The van der Waals surface area contributed by atoms with Crippen molar-refractivity contribution in [2.75, 3.05) is 4.90 Å². The van der Waals surface area contributed by atoms with E-state index in [1.54, 1.807) is 6.07 Å². The molecule has 0 aliphatic carbocycles. The van der Waals surface area contributed by atoms with Crippen LogP contribution in [0.1, 0.15) is 32.8 Å². The minimum absolute atomic E-state index is 0.309. The van der Waals surface area contributed by atoms with Gasteiger partial charge in [0.25, 0.3) is 5.91 Å². The molecule has 1 aromatic rings. The van der Waals surface area contributed by atoms with E-state index in [-0.39, 0.29) is 5.91 Å². The lowest BCUT2D eigenvalue weighted by Gasteiger charge is -2.41. The van der Waals surface area contributed by atoms with Gasteiger partial charge < -0.3 is 9.84 Å². The molecule has 20 heavy (non-hydrogen) atoms. The normalized spacial score (nSPS) is 18.5. The van der Waals surface area contributed by atoms with Crippen LogP contribution in [0, 0.1) is 6.92 Å². The second-order valence-corrected chi connectivity index (χ2v) is 5.52. The van der Waals surface area contributed by atoms with Crippen LogP contribution in [0.2, 0.25) is 0 Å². The fourth-order valence-corrected chi connectivity index (χ4v) is 2.30. The van der Waals surface area contributed by atoms with Crippen molar-refractivity contribution in [2.45, 2.75) is 45.8 Å². The summed E-state index contributed by atoms with van der Waals surface area (Å²) in [6.45, 7) is 6.81. The molecule has 0 aromatic heterocycles. The molecule has 1 atom stereocenters. The number of aliphatic carboxylic acids is 1. The van der Waals surface area contributed by atoms with E-state index in [2.05, 4.69) is 0 Å². The van der Waals surface area contributed by atoms with Crippen molar-refractivity contribution < 1.29 is 19.4 Å². The SMILES string of the molecule is CCC1Oc2cc(C)ccc2N(C(C)(C)C(=O)O)C1=O. The Hall–Kier alpha value is -2.04. The topological polar surface area (TPSA) is 66.8 Å². The van der Waals surface area contributed by atoms with Gasteiger partial charge in [-0.2, -0.15) is 0 Å². The molecule has 1 aromatic carbocycles. The molecule has 0 saturated carbocycles. The van der Waals surface area contributed by atoms with Crippen molar-refractivity contribution in [2.24, 2.45) is 0 Å². The van der Waals surface area contributed by atoms with Gasteiger partial charge in [0.2, 0.25) is 0 Å². The van der Waals surface area contributed by atoms with Gasteiger partial charge in [0.15, 0.2) is 6.10 Å². The summed E-state index contributed by atoms with van der Waals surface area (Å²) in [6, 6.07) is 5.40. The first-order chi connectivity index (χ1) is 9.28. The second-order valence-electron chi connectivity index (χ2n) is 5.52. The van der Waals surface area contributed by atoms with Crippen molar-refractivity contribution in [3.05, 3.63) is 23.8 Å². The number of carbonyl (C=O) groups excluding carboxylic acids is 1. The molecule has 0 saturated heterocycles. The first-order valence-electron chi connectivity index (χ1n) is 6.63. The second kappa shape index (κ2) is 4.81. The van der Waals surface area contributed by atoms with Crippen LogP contribution < -0.4 is 9.64 Å². The Kier molecular flexibility index (Phi) is 3.46. The number of anilines is 1. The van der Waals surface area contributed by atoms with E-state index in [0.717, 1.165) is 5.56 Å². The number of nitrogens with zero attached hydrogens (tertiary/aromatic N) is 1. The summed E-state index contributed by atoms with van der Waals surface area (Å²) in [4.78, 5) is 25.3. The predicted octanol–water partition coefficient (Wildman–Crippen LogP) is 2.36. The molecular weight excluding hydrogens is 258 g/mol. The standard InChI is InChI=1S/C15H19NO4/c1-5-11-13(17)16(15(3,4)14(18)19)10-7-6-9(2)8-12(10)20-11/h6-8,11H,5H2,1-4H3,(H,18,19). The molecule has 1 N–H and O–H groups in total. The summed E-state index contributed by atoms with van der Waals surface area (Å²) in [5, 5.41) is 9.42. The highest BCUT2D eigenvalue weighted by molar-refractivity contribution is 6.05. The molecule has 1 amide bonds. The van der Waals surface area contributed by atoms with Crippen LogP contribution >= 0.6 is 0 Å². The minimum Gasteiger partial charge on any atom is -0.480 e. The van der Waals surface area contributed by atoms with Gasteiger partial charge in [-0.15, -0.1) is 0 Å². The van der Waals surface area contributed by atoms with E-state index in [1.165, 1.54) is 18.7 Å². The number of carbonyl (C=O) groups is 2. The van der Waals surface area contributed by atoms with Gasteiger partial charge in [0.05, 0.1) is 5.69 Å². The van der Waals surface area contributed by atoms with Crippen molar-refractivity contribution in [1.82, 2.24) is 0 Å². The molecule has 1 aliphatic rings.